The maximum atomic E-state index is 11.0. The predicted molar refractivity (Wildman–Crippen MR) is 231 cm³/mol. The van der Waals surface area contributed by atoms with Crippen LogP contribution in [0.25, 0.3) is 0 Å². The van der Waals surface area contributed by atoms with Crippen LogP contribution in [-0.4, -0.2) is 54.5 Å². The molecule has 0 heterocycles. The SMILES string of the molecule is C=CC[C@H](O)C[C@H](C[C@H](CC[C@H](CCCCCCCCCCCCCC)O[Si](C)(C)C(C)(C)C)O[Si](C)(C)C(C)(C)C)O[Si](C)(C)C(C)(C)C. The number of aliphatic hydroxyl groups is 1. The first kappa shape index (κ1) is 50.2. The zero-order valence-electron chi connectivity index (χ0n) is 37.0. The summed E-state index contributed by atoms with van der Waals surface area (Å²) in [5.41, 5.74) is 0. The molecule has 0 unspecified atom stereocenters. The van der Waals surface area contributed by atoms with Gasteiger partial charge in [-0.3, -0.25) is 0 Å². The number of hydrogen-bond acceptors (Lipinski definition) is 4. The zero-order valence-corrected chi connectivity index (χ0v) is 40.0. The minimum atomic E-state index is -2.06. The molecule has 0 aromatic rings. The second-order valence-electron chi connectivity index (χ2n) is 20.4. The molecule has 0 bridgehead atoms. The van der Waals surface area contributed by atoms with Crippen LogP contribution < -0.4 is 0 Å². The molecule has 0 aliphatic carbocycles. The third-order valence-electron chi connectivity index (χ3n) is 12.5. The highest BCUT2D eigenvalue weighted by atomic mass is 28.4. The van der Waals surface area contributed by atoms with Gasteiger partial charge in [0.1, 0.15) is 0 Å². The Morgan fingerprint density at radius 3 is 1.22 bits per heavy atom. The molecule has 7 heteroatoms. The Balaban J connectivity index is 5.86. The van der Waals surface area contributed by atoms with Crippen molar-refractivity contribution in [3.05, 3.63) is 12.7 Å². The molecular weight excluding hydrogens is 665 g/mol. The summed E-state index contributed by atoms with van der Waals surface area (Å²) < 4.78 is 21.6. The molecule has 4 nitrogen and oxygen atoms in total. The first-order chi connectivity index (χ1) is 22.8. The molecule has 0 saturated carbocycles. The fourth-order valence-electron chi connectivity index (χ4n) is 5.93. The summed E-state index contributed by atoms with van der Waals surface area (Å²) in [6.45, 7) is 41.5. The van der Waals surface area contributed by atoms with E-state index in [9.17, 15) is 5.11 Å². The highest BCUT2D eigenvalue weighted by Crippen LogP contribution is 2.42. The Morgan fingerprint density at radius 2 is 0.840 bits per heavy atom. The summed E-state index contributed by atoms with van der Waals surface area (Å²) in [7, 11) is -6.04. The first-order valence-electron chi connectivity index (χ1n) is 21.1. The van der Waals surface area contributed by atoms with Gasteiger partial charge in [-0.05, 0) is 92.9 Å². The number of hydrogen-bond donors (Lipinski definition) is 1. The van der Waals surface area contributed by atoms with E-state index in [0.717, 1.165) is 25.7 Å². The van der Waals surface area contributed by atoms with Crippen LogP contribution in [0.5, 0.6) is 0 Å². The van der Waals surface area contributed by atoms with E-state index in [2.05, 4.69) is 115 Å². The average molecular weight is 757 g/mol. The molecule has 0 rings (SSSR count). The van der Waals surface area contributed by atoms with Crippen LogP contribution in [0.1, 0.15) is 185 Å². The quantitative estimate of drug-likeness (QED) is 0.0491. The molecule has 0 aromatic heterocycles. The lowest BCUT2D eigenvalue weighted by atomic mass is 9.98. The lowest BCUT2D eigenvalue weighted by molar-refractivity contribution is 0.0415. The summed E-state index contributed by atoms with van der Waals surface area (Å²) in [4.78, 5) is 0. The molecule has 0 radical (unpaired) electrons. The van der Waals surface area contributed by atoms with E-state index >= 15 is 0 Å². The molecule has 4 atom stereocenters. The van der Waals surface area contributed by atoms with Crippen molar-refractivity contribution in [3.8, 4) is 0 Å². The van der Waals surface area contributed by atoms with Gasteiger partial charge in [-0.1, -0.05) is 152 Å². The van der Waals surface area contributed by atoms with Crippen molar-refractivity contribution >= 4 is 25.0 Å². The summed E-state index contributed by atoms with van der Waals surface area (Å²) in [5.74, 6) is 0. The first-order valence-corrected chi connectivity index (χ1v) is 29.8. The highest BCUT2D eigenvalue weighted by Gasteiger charge is 2.43. The van der Waals surface area contributed by atoms with Gasteiger partial charge in [0, 0.05) is 18.3 Å². The second-order valence-corrected chi connectivity index (χ2v) is 34.7. The molecule has 0 fully saturated rings. The fraction of sp³-hybridized carbons (Fsp3) is 0.953. The molecule has 0 spiro atoms. The van der Waals surface area contributed by atoms with Crippen molar-refractivity contribution in [2.24, 2.45) is 0 Å². The number of unbranched alkanes of at least 4 members (excludes halogenated alkanes) is 11. The molecule has 50 heavy (non-hydrogen) atoms. The van der Waals surface area contributed by atoms with Crippen LogP contribution in [0.15, 0.2) is 12.7 Å². The standard InChI is InChI=1S/C43H92O4Si3/c1-18-20-21-22-23-24-25-26-27-28-29-30-32-38(45-48(12,13)41(3,4)5)33-34-39(46-49(14,15)42(6,7)8)36-40(35-37(44)31-19-2)47-50(16,17)43(9,10)11/h19,37-40,44H,2,18,20-36H2,1,3-17H3/t37-,38-,39-,40+/m0/s1. The van der Waals surface area contributed by atoms with Crippen LogP contribution >= 0.6 is 0 Å². The van der Waals surface area contributed by atoms with Gasteiger partial charge < -0.3 is 18.4 Å². The Kier molecular flexibility index (Phi) is 23.3. The predicted octanol–water partition coefficient (Wildman–Crippen LogP) is 14.7. The molecular formula is C43H92O4Si3. The number of rotatable bonds is 28. The van der Waals surface area contributed by atoms with Gasteiger partial charge in [0.2, 0.25) is 0 Å². The van der Waals surface area contributed by atoms with Crippen molar-refractivity contribution in [2.75, 3.05) is 0 Å². The molecule has 300 valence electrons. The average Bonchev–Trinajstić information content (AvgIpc) is 2.94. The monoisotopic (exact) mass is 757 g/mol. The number of aliphatic hydroxyl groups excluding tert-OH is 1. The van der Waals surface area contributed by atoms with Gasteiger partial charge in [0.05, 0.1) is 6.10 Å². The van der Waals surface area contributed by atoms with Crippen LogP contribution in [0.4, 0.5) is 0 Å². The van der Waals surface area contributed by atoms with Gasteiger partial charge in [-0.25, -0.2) is 0 Å². The van der Waals surface area contributed by atoms with Crippen molar-refractivity contribution in [3.63, 3.8) is 0 Å². The van der Waals surface area contributed by atoms with E-state index in [1.165, 1.54) is 77.0 Å². The summed E-state index contributed by atoms with van der Waals surface area (Å²) >= 11 is 0. The fourth-order valence-corrected chi connectivity index (χ4v) is 10.1. The lowest BCUT2D eigenvalue weighted by Crippen LogP contribution is -2.48. The maximum Gasteiger partial charge on any atom is 0.192 e. The van der Waals surface area contributed by atoms with E-state index in [1.54, 1.807) is 0 Å². The smallest absolute Gasteiger partial charge is 0.192 e. The van der Waals surface area contributed by atoms with Gasteiger partial charge in [-0.2, -0.15) is 0 Å². The van der Waals surface area contributed by atoms with Crippen LogP contribution in [0.3, 0.4) is 0 Å². The summed E-state index contributed by atoms with van der Waals surface area (Å²) in [6, 6.07) is 0. The van der Waals surface area contributed by atoms with Crippen molar-refractivity contribution in [1.29, 1.82) is 0 Å². The van der Waals surface area contributed by atoms with E-state index in [1.807, 2.05) is 6.08 Å². The van der Waals surface area contributed by atoms with Crippen LogP contribution in [0.2, 0.25) is 54.4 Å². The Labute approximate surface area is 318 Å². The van der Waals surface area contributed by atoms with Crippen molar-refractivity contribution < 1.29 is 18.4 Å². The topological polar surface area (TPSA) is 47.9 Å². The Morgan fingerprint density at radius 1 is 0.500 bits per heavy atom. The summed E-state index contributed by atoms with van der Waals surface area (Å²) in [6.07, 6.45) is 23.3. The third-order valence-corrected chi connectivity index (χ3v) is 26.1. The van der Waals surface area contributed by atoms with E-state index in [-0.39, 0.29) is 33.4 Å². The van der Waals surface area contributed by atoms with E-state index in [4.69, 9.17) is 13.3 Å². The van der Waals surface area contributed by atoms with Gasteiger partial charge in [0.25, 0.3) is 0 Å². The third kappa shape index (κ3) is 20.6. The van der Waals surface area contributed by atoms with E-state index in [0.29, 0.717) is 12.8 Å². The van der Waals surface area contributed by atoms with Crippen molar-refractivity contribution in [1.82, 2.24) is 0 Å². The normalized spacial score (nSPS) is 16.3. The zero-order chi connectivity index (χ0) is 38.9. The largest absolute Gasteiger partial charge is 0.414 e. The maximum absolute atomic E-state index is 11.0. The lowest BCUT2D eigenvalue weighted by Gasteiger charge is -2.43. The molecule has 0 aliphatic heterocycles. The Hall–Kier alpha value is 0.231. The van der Waals surface area contributed by atoms with Gasteiger partial charge in [-0.15, -0.1) is 6.58 Å². The van der Waals surface area contributed by atoms with Crippen molar-refractivity contribution in [2.45, 2.75) is 264 Å². The molecule has 1 N–H and O–H groups in total. The van der Waals surface area contributed by atoms with E-state index < -0.39 is 31.1 Å². The molecule has 0 aliphatic rings. The molecule has 0 saturated heterocycles. The minimum Gasteiger partial charge on any atom is -0.414 e. The Bertz CT molecular complexity index is 882. The summed E-state index contributed by atoms with van der Waals surface area (Å²) in [5, 5.41) is 11.4. The van der Waals surface area contributed by atoms with Gasteiger partial charge in [0.15, 0.2) is 25.0 Å². The van der Waals surface area contributed by atoms with Crippen LogP contribution in [-0.2, 0) is 13.3 Å². The second kappa shape index (κ2) is 23.2. The van der Waals surface area contributed by atoms with Gasteiger partial charge >= 0.3 is 0 Å². The minimum absolute atomic E-state index is 0.0447. The molecule has 0 amide bonds. The highest BCUT2D eigenvalue weighted by molar-refractivity contribution is 6.75. The molecule has 0 aromatic carbocycles. The van der Waals surface area contributed by atoms with Crippen LogP contribution in [0, 0.1) is 0 Å².